The summed E-state index contributed by atoms with van der Waals surface area (Å²) in [5.41, 5.74) is 3.73. The van der Waals surface area contributed by atoms with Crippen LogP contribution in [0.25, 0.3) is 17.4 Å². The average molecular weight is 625 g/mol. The quantitative estimate of drug-likeness (QED) is 0.261. The SMILES string of the molecule is CCN(CC)C(=O)C1=C(C)N=c2s/c(=C/c3ccc(-c4ccc(C)cc4Br)o3)c(=O)n2[C@H]1c1ccc(Cl)cc1. The van der Waals surface area contributed by atoms with Crippen LogP contribution >= 0.6 is 38.9 Å². The van der Waals surface area contributed by atoms with Crippen molar-refractivity contribution in [3.05, 3.63) is 112 Å². The molecule has 0 aliphatic carbocycles. The number of nitrogens with zero attached hydrogens (tertiary/aromatic N) is 3. The minimum absolute atomic E-state index is 0.130. The first-order valence-corrected chi connectivity index (χ1v) is 14.6. The van der Waals surface area contributed by atoms with Gasteiger partial charge in [0, 0.05) is 34.2 Å². The first-order valence-electron chi connectivity index (χ1n) is 12.7. The number of benzene rings is 2. The van der Waals surface area contributed by atoms with Crippen molar-refractivity contribution in [2.24, 2.45) is 4.99 Å². The zero-order valence-electron chi connectivity index (χ0n) is 22.0. The van der Waals surface area contributed by atoms with Gasteiger partial charge in [0.2, 0.25) is 0 Å². The van der Waals surface area contributed by atoms with Crippen LogP contribution in [0.4, 0.5) is 0 Å². The lowest BCUT2D eigenvalue weighted by Gasteiger charge is -2.29. The number of rotatable bonds is 6. The molecule has 1 atom stereocenters. The number of likely N-dealkylation sites (N-methyl/N-ethyl adjacent to an activating group) is 1. The highest BCUT2D eigenvalue weighted by atomic mass is 79.9. The lowest BCUT2D eigenvalue weighted by molar-refractivity contribution is -0.127. The summed E-state index contributed by atoms with van der Waals surface area (Å²) in [7, 11) is 0. The molecule has 6 nitrogen and oxygen atoms in total. The van der Waals surface area contributed by atoms with Gasteiger partial charge < -0.3 is 9.32 Å². The van der Waals surface area contributed by atoms with Gasteiger partial charge in [-0.2, -0.15) is 0 Å². The van der Waals surface area contributed by atoms with E-state index < -0.39 is 6.04 Å². The molecule has 0 N–H and O–H groups in total. The maximum atomic E-state index is 13.9. The van der Waals surface area contributed by atoms with Crippen molar-refractivity contribution in [1.29, 1.82) is 0 Å². The number of amides is 1. The van der Waals surface area contributed by atoms with Crippen LogP contribution in [-0.4, -0.2) is 28.5 Å². The van der Waals surface area contributed by atoms with Gasteiger partial charge in [0.25, 0.3) is 11.5 Å². The number of aromatic nitrogens is 1. The standard InChI is InChI=1S/C30H27BrClN3O3S/c1-5-34(6-2)29(37)26-18(4)33-30-35(27(26)19-8-10-20(32)11-9-19)28(36)25(39-30)16-21-12-14-24(38-21)22-13-7-17(3)15-23(22)31/h7-16,27H,5-6H2,1-4H3/b25-16+/t27-/m0/s1. The van der Waals surface area contributed by atoms with Gasteiger partial charge in [-0.05, 0) is 75.2 Å². The third-order valence-corrected chi connectivity index (χ3v) is 8.67. The van der Waals surface area contributed by atoms with E-state index in [1.165, 1.54) is 11.3 Å². The Bertz CT molecular complexity index is 1780. The van der Waals surface area contributed by atoms with Crippen molar-refractivity contribution in [3.8, 4) is 11.3 Å². The number of carbonyl (C=O) groups is 1. The van der Waals surface area contributed by atoms with E-state index in [4.69, 9.17) is 21.0 Å². The van der Waals surface area contributed by atoms with Crippen LogP contribution in [0.3, 0.4) is 0 Å². The molecule has 1 aliphatic rings. The van der Waals surface area contributed by atoms with Gasteiger partial charge in [-0.1, -0.05) is 57.1 Å². The van der Waals surface area contributed by atoms with Gasteiger partial charge in [-0.15, -0.1) is 0 Å². The van der Waals surface area contributed by atoms with Crippen LogP contribution < -0.4 is 14.9 Å². The third-order valence-electron chi connectivity index (χ3n) is 6.78. The predicted molar refractivity (Wildman–Crippen MR) is 160 cm³/mol. The number of aryl methyl sites for hydroxylation is 1. The Hall–Kier alpha value is -3.20. The molecule has 0 bridgehead atoms. The van der Waals surface area contributed by atoms with E-state index in [0.29, 0.717) is 50.2 Å². The second kappa shape index (κ2) is 11.1. The Morgan fingerprint density at radius 3 is 2.51 bits per heavy atom. The van der Waals surface area contributed by atoms with E-state index in [0.717, 1.165) is 21.2 Å². The molecule has 0 saturated carbocycles. The van der Waals surface area contributed by atoms with Crippen LogP contribution in [0.2, 0.25) is 5.02 Å². The molecule has 4 aromatic rings. The Morgan fingerprint density at radius 2 is 1.85 bits per heavy atom. The zero-order valence-corrected chi connectivity index (χ0v) is 25.2. The molecule has 0 fully saturated rings. The molecule has 2 aromatic carbocycles. The topological polar surface area (TPSA) is 67.8 Å². The van der Waals surface area contributed by atoms with E-state index in [1.807, 2.05) is 70.2 Å². The third kappa shape index (κ3) is 5.21. The van der Waals surface area contributed by atoms with E-state index in [-0.39, 0.29) is 11.5 Å². The van der Waals surface area contributed by atoms with Crippen molar-refractivity contribution in [2.75, 3.05) is 13.1 Å². The molecular formula is C30H27BrClN3O3S. The number of thiazole rings is 1. The highest BCUT2D eigenvalue weighted by Crippen LogP contribution is 2.32. The fourth-order valence-electron chi connectivity index (χ4n) is 4.76. The largest absolute Gasteiger partial charge is 0.457 e. The number of halogens is 2. The fraction of sp³-hybridized carbons (Fsp3) is 0.233. The highest BCUT2D eigenvalue weighted by Gasteiger charge is 2.34. The molecule has 3 heterocycles. The van der Waals surface area contributed by atoms with E-state index in [2.05, 4.69) is 15.9 Å². The van der Waals surface area contributed by atoms with Crippen molar-refractivity contribution in [2.45, 2.75) is 33.7 Å². The molecule has 39 heavy (non-hydrogen) atoms. The maximum absolute atomic E-state index is 13.9. The summed E-state index contributed by atoms with van der Waals surface area (Å²) in [5, 5.41) is 0.581. The van der Waals surface area contributed by atoms with E-state index in [1.54, 1.807) is 27.7 Å². The molecule has 0 radical (unpaired) electrons. The molecule has 1 amide bonds. The number of carbonyl (C=O) groups excluding carboxylic acids is 1. The van der Waals surface area contributed by atoms with Gasteiger partial charge in [-0.25, -0.2) is 4.99 Å². The van der Waals surface area contributed by atoms with Crippen LogP contribution in [-0.2, 0) is 4.79 Å². The zero-order chi connectivity index (χ0) is 27.8. The minimum Gasteiger partial charge on any atom is -0.457 e. The van der Waals surface area contributed by atoms with Crippen molar-refractivity contribution in [3.63, 3.8) is 0 Å². The van der Waals surface area contributed by atoms with Gasteiger partial charge in [-0.3, -0.25) is 14.2 Å². The molecule has 0 unspecified atom stereocenters. The summed E-state index contributed by atoms with van der Waals surface area (Å²) in [6, 6.07) is 16.4. The summed E-state index contributed by atoms with van der Waals surface area (Å²) in [5.74, 6) is 1.12. The first-order chi connectivity index (χ1) is 18.7. The Morgan fingerprint density at radius 1 is 1.13 bits per heavy atom. The smallest absolute Gasteiger partial charge is 0.271 e. The van der Waals surface area contributed by atoms with Crippen molar-refractivity contribution < 1.29 is 9.21 Å². The Balaban J connectivity index is 1.64. The highest BCUT2D eigenvalue weighted by molar-refractivity contribution is 9.10. The normalized spacial score (nSPS) is 15.3. The Labute approximate surface area is 243 Å². The number of hydrogen-bond acceptors (Lipinski definition) is 5. The minimum atomic E-state index is -0.621. The second-order valence-electron chi connectivity index (χ2n) is 9.30. The molecule has 1 aliphatic heterocycles. The van der Waals surface area contributed by atoms with Crippen LogP contribution in [0.1, 0.15) is 43.7 Å². The molecular weight excluding hydrogens is 598 g/mol. The summed E-state index contributed by atoms with van der Waals surface area (Å²) >= 11 is 11.1. The van der Waals surface area contributed by atoms with Crippen molar-refractivity contribution in [1.82, 2.24) is 9.47 Å². The maximum Gasteiger partial charge on any atom is 0.271 e. The molecule has 200 valence electrons. The Kier molecular flexibility index (Phi) is 7.80. The molecule has 5 rings (SSSR count). The van der Waals surface area contributed by atoms with Gasteiger partial charge in [0.1, 0.15) is 11.5 Å². The number of furan rings is 1. The predicted octanol–water partition coefficient (Wildman–Crippen LogP) is 6.09. The van der Waals surface area contributed by atoms with E-state index >= 15 is 0 Å². The molecule has 9 heteroatoms. The van der Waals surface area contributed by atoms with Crippen LogP contribution in [0.5, 0.6) is 0 Å². The molecule has 0 spiro atoms. The number of hydrogen-bond donors (Lipinski definition) is 0. The lowest BCUT2D eigenvalue weighted by atomic mass is 9.94. The van der Waals surface area contributed by atoms with Gasteiger partial charge >= 0.3 is 0 Å². The lowest BCUT2D eigenvalue weighted by Crippen LogP contribution is -2.43. The average Bonchev–Trinajstić information content (AvgIpc) is 3.48. The van der Waals surface area contributed by atoms with E-state index in [9.17, 15) is 9.59 Å². The monoisotopic (exact) mass is 623 g/mol. The summed E-state index contributed by atoms with van der Waals surface area (Å²) < 4.78 is 9.13. The molecule has 2 aromatic heterocycles. The summed E-state index contributed by atoms with van der Waals surface area (Å²) in [4.78, 5) is 34.6. The second-order valence-corrected chi connectivity index (χ2v) is 11.6. The summed E-state index contributed by atoms with van der Waals surface area (Å²) in [6.45, 7) is 8.85. The number of fused-ring (bicyclic) bond motifs is 1. The fourth-order valence-corrected chi connectivity index (χ4v) is 6.60. The van der Waals surface area contributed by atoms with Crippen LogP contribution in [0, 0.1) is 6.92 Å². The van der Waals surface area contributed by atoms with Crippen molar-refractivity contribution >= 4 is 50.9 Å². The van der Waals surface area contributed by atoms with Crippen LogP contribution in [0.15, 0.2) is 84.5 Å². The van der Waals surface area contributed by atoms with Gasteiger partial charge in [0.05, 0.1) is 21.8 Å². The number of allylic oxidation sites excluding steroid dienone is 1. The first kappa shape index (κ1) is 27.4. The molecule has 0 saturated heterocycles. The van der Waals surface area contributed by atoms with Gasteiger partial charge in [0.15, 0.2) is 4.80 Å². The summed E-state index contributed by atoms with van der Waals surface area (Å²) in [6.07, 6.45) is 1.74.